The molecule has 0 bridgehead atoms. The highest BCUT2D eigenvalue weighted by molar-refractivity contribution is 5.76. The van der Waals surface area contributed by atoms with Crippen LogP contribution in [0.25, 0.3) is 0 Å². The molecule has 1 amide bonds. The van der Waals surface area contributed by atoms with Gasteiger partial charge in [0.15, 0.2) is 0 Å². The zero-order valence-electron chi connectivity index (χ0n) is 49.6. The number of unbranched alkanes of at least 4 members (excludes halogenated alkanes) is 52. The van der Waals surface area contributed by atoms with E-state index >= 15 is 0 Å². The van der Waals surface area contributed by atoms with Gasteiger partial charge in [-0.2, -0.15) is 0 Å². The maximum atomic E-state index is 12.5. The van der Waals surface area contributed by atoms with Crippen molar-refractivity contribution in [2.24, 2.45) is 0 Å². The summed E-state index contributed by atoms with van der Waals surface area (Å²) in [4.78, 5) is 24.5. The summed E-state index contributed by atoms with van der Waals surface area (Å²) < 4.78 is 5.47. The second-order valence-corrected chi connectivity index (χ2v) is 23.2. The molecule has 6 heteroatoms. The third-order valence-electron chi connectivity index (χ3n) is 15.8. The number of amides is 1. The number of rotatable bonds is 63. The number of aliphatic hydroxyl groups excluding tert-OH is 2. The number of nitrogens with one attached hydrogen (secondary N) is 1. The van der Waals surface area contributed by atoms with E-state index < -0.39 is 12.1 Å². The molecule has 0 rings (SSSR count). The first-order valence-corrected chi connectivity index (χ1v) is 33.5. The molecule has 2 unspecified atom stereocenters. The predicted molar refractivity (Wildman–Crippen MR) is 320 cm³/mol. The molecule has 0 saturated carbocycles. The second kappa shape index (κ2) is 63.1. The number of hydrogen-bond donors (Lipinski definition) is 3. The molecule has 0 spiro atoms. The van der Waals surface area contributed by atoms with Crippen molar-refractivity contribution in [1.82, 2.24) is 5.32 Å². The SMILES string of the molecule is CCCCCCCCCCCCCCCCCCCCCC/C=C/C(O)C(CO)NC(=O)CCCCCCCCCCCCCCCCCCCCCCCCCOC(=O)CCCCCCCCCCCCC. The number of carbonyl (C=O) groups is 2. The van der Waals surface area contributed by atoms with Gasteiger partial charge in [0.1, 0.15) is 0 Å². The molecule has 0 aliphatic heterocycles. The standard InChI is InChI=1S/C67H131NO5/c1-3-5-7-9-11-13-15-16-17-18-19-20-24-27-30-33-36-40-43-47-51-55-59-65(70)64(63-69)68-66(71)60-56-52-48-44-41-37-34-31-28-25-22-21-23-26-29-32-35-38-42-46-50-54-58-62-73-67(72)61-57-53-49-45-39-14-12-10-8-6-4-2/h55,59,64-65,69-70H,3-54,56-58,60-63H2,1-2H3,(H,68,71)/b59-55+. The van der Waals surface area contributed by atoms with Crippen LogP contribution in [0.4, 0.5) is 0 Å². The lowest BCUT2D eigenvalue weighted by atomic mass is 10.0. The lowest BCUT2D eigenvalue weighted by molar-refractivity contribution is -0.143. The van der Waals surface area contributed by atoms with Gasteiger partial charge in [-0.15, -0.1) is 0 Å². The summed E-state index contributed by atoms with van der Waals surface area (Å²) in [6.45, 7) is 4.94. The van der Waals surface area contributed by atoms with E-state index in [1.54, 1.807) is 6.08 Å². The van der Waals surface area contributed by atoms with Crippen molar-refractivity contribution in [3.8, 4) is 0 Å². The average molecular weight is 1030 g/mol. The molecule has 0 radical (unpaired) electrons. The van der Waals surface area contributed by atoms with Gasteiger partial charge in [-0.3, -0.25) is 9.59 Å². The average Bonchev–Trinajstić information content (AvgIpc) is 3.39. The van der Waals surface area contributed by atoms with Crippen LogP contribution >= 0.6 is 0 Å². The molecule has 0 aromatic carbocycles. The number of esters is 1. The van der Waals surface area contributed by atoms with Crippen LogP contribution in [0.15, 0.2) is 12.2 Å². The molecule has 0 aromatic rings. The summed E-state index contributed by atoms with van der Waals surface area (Å²) in [5.74, 6) is -0.0485. The Morgan fingerprint density at radius 3 is 0.932 bits per heavy atom. The highest BCUT2D eigenvalue weighted by Gasteiger charge is 2.18. The van der Waals surface area contributed by atoms with Gasteiger partial charge in [0, 0.05) is 12.8 Å². The quantitative estimate of drug-likeness (QED) is 0.0320. The van der Waals surface area contributed by atoms with Gasteiger partial charge < -0.3 is 20.3 Å². The van der Waals surface area contributed by atoms with E-state index in [1.807, 2.05) is 6.08 Å². The molecule has 0 fully saturated rings. The molecule has 0 aliphatic rings. The number of carbonyl (C=O) groups excluding carboxylic acids is 2. The van der Waals surface area contributed by atoms with Gasteiger partial charge in [0.25, 0.3) is 0 Å². The Labute approximate surface area is 457 Å². The summed E-state index contributed by atoms with van der Waals surface area (Å²) in [6.07, 6.45) is 77.0. The van der Waals surface area contributed by atoms with Gasteiger partial charge in [0.05, 0.1) is 25.4 Å². The van der Waals surface area contributed by atoms with E-state index in [2.05, 4.69) is 19.2 Å². The molecule has 0 aromatic heterocycles. The topological polar surface area (TPSA) is 95.9 Å². The Bertz CT molecular complexity index is 1100. The van der Waals surface area contributed by atoms with E-state index in [9.17, 15) is 19.8 Å². The van der Waals surface area contributed by atoms with E-state index in [1.165, 1.54) is 315 Å². The van der Waals surface area contributed by atoms with Crippen LogP contribution in [-0.4, -0.2) is 47.4 Å². The Morgan fingerprint density at radius 1 is 0.370 bits per heavy atom. The van der Waals surface area contributed by atoms with Crippen molar-refractivity contribution in [3.63, 3.8) is 0 Å². The first kappa shape index (κ1) is 71.6. The summed E-state index contributed by atoms with van der Waals surface area (Å²) in [6, 6.07) is -0.628. The monoisotopic (exact) mass is 1030 g/mol. The Morgan fingerprint density at radius 2 is 0.630 bits per heavy atom. The fourth-order valence-electron chi connectivity index (χ4n) is 10.7. The first-order valence-electron chi connectivity index (χ1n) is 33.5. The van der Waals surface area contributed by atoms with Gasteiger partial charge in [-0.25, -0.2) is 0 Å². The van der Waals surface area contributed by atoms with Crippen molar-refractivity contribution in [1.29, 1.82) is 0 Å². The molecule has 0 saturated heterocycles. The highest BCUT2D eigenvalue weighted by Crippen LogP contribution is 2.19. The van der Waals surface area contributed by atoms with E-state index in [0.717, 1.165) is 38.5 Å². The Hall–Kier alpha value is -1.40. The van der Waals surface area contributed by atoms with Crippen molar-refractivity contribution >= 4 is 11.9 Å². The van der Waals surface area contributed by atoms with Gasteiger partial charge in [-0.05, 0) is 32.1 Å². The van der Waals surface area contributed by atoms with Crippen molar-refractivity contribution in [3.05, 3.63) is 12.2 Å². The van der Waals surface area contributed by atoms with Crippen LogP contribution in [0.2, 0.25) is 0 Å². The van der Waals surface area contributed by atoms with Crippen LogP contribution in [0.1, 0.15) is 380 Å². The maximum absolute atomic E-state index is 12.5. The van der Waals surface area contributed by atoms with Crippen molar-refractivity contribution in [2.75, 3.05) is 13.2 Å². The van der Waals surface area contributed by atoms with Crippen LogP contribution in [0, 0.1) is 0 Å². The van der Waals surface area contributed by atoms with Crippen LogP contribution in [0.3, 0.4) is 0 Å². The van der Waals surface area contributed by atoms with Crippen LogP contribution < -0.4 is 5.32 Å². The van der Waals surface area contributed by atoms with Crippen LogP contribution in [0.5, 0.6) is 0 Å². The first-order chi connectivity index (χ1) is 36.0. The number of aliphatic hydroxyl groups is 2. The van der Waals surface area contributed by atoms with Gasteiger partial charge in [0.2, 0.25) is 5.91 Å². The Balaban J connectivity index is 3.40. The number of ether oxygens (including phenoxy) is 1. The number of allylic oxidation sites excluding steroid dienone is 1. The van der Waals surface area contributed by atoms with Crippen molar-refractivity contribution < 1.29 is 24.5 Å². The molecule has 3 N–H and O–H groups in total. The zero-order chi connectivity index (χ0) is 52.9. The highest BCUT2D eigenvalue weighted by atomic mass is 16.5. The summed E-state index contributed by atoms with van der Waals surface area (Å²) >= 11 is 0. The Kier molecular flexibility index (Phi) is 61.9. The third-order valence-corrected chi connectivity index (χ3v) is 15.8. The molecular formula is C67H131NO5. The van der Waals surface area contributed by atoms with Gasteiger partial charge in [-0.1, -0.05) is 347 Å². The molecule has 6 nitrogen and oxygen atoms in total. The molecule has 0 aliphatic carbocycles. The van der Waals surface area contributed by atoms with Gasteiger partial charge >= 0.3 is 5.97 Å². The summed E-state index contributed by atoms with van der Waals surface area (Å²) in [5.41, 5.74) is 0. The van der Waals surface area contributed by atoms with E-state index in [0.29, 0.717) is 19.4 Å². The fourth-order valence-corrected chi connectivity index (χ4v) is 10.7. The summed E-state index contributed by atoms with van der Waals surface area (Å²) in [5, 5.41) is 23.2. The molecule has 73 heavy (non-hydrogen) atoms. The number of hydrogen-bond acceptors (Lipinski definition) is 5. The normalized spacial score (nSPS) is 12.5. The molecule has 434 valence electrons. The fraction of sp³-hybridized carbons (Fsp3) is 0.940. The zero-order valence-corrected chi connectivity index (χ0v) is 49.6. The minimum atomic E-state index is -0.844. The largest absolute Gasteiger partial charge is 0.466 e. The minimum Gasteiger partial charge on any atom is -0.466 e. The summed E-state index contributed by atoms with van der Waals surface area (Å²) in [7, 11) is 0. The lowest BCUT2D eigenvalue weighted by Crippen LogP contribution is -2.45. The van der Waals surface area contributed by atoms with E-state index in [-0.39, 0.29) is 18.5 Å². The lowest BCUT2D eigenvalue weighted by Gasteiger charge is -2.20. The predicted octanol–water partition coefficient (Wildman–Crippen LogP) is 21.2. The smallest absolute Gasteiger partial charge is 0.305 e. The van der Waals surface area contributed by atoms with E-state index in [4.69, 9.17) is 4.74 Å². The third kappa shape index (κ3) is 59.7. The minimum absolute atomic E-state index is 0.0145. The maximum Gasteiger partial charge on any atom is 0.305 e. The molecule has 0 heterocycles. The van der Waals surface area contributed by atoms with Crippen LogP contribution in [-0.2, 0) is 14.3 Å². The molecular weight excluding hydrogens is 899 g/mol. The molecule has 2 atom stereocenters. The second-order valence-electron chi connectivity index (χ2n) is 23.2. The van der Waals surface area contributed by atoms with Crippen molar-refractivity contribution in [2.45, 2.75) is 392 Å².